The van der Waals surface area contributed by atoms with Crippen molar-refractivity contribution in [2.24, 2.45) is 0 Å². The Labute approximate surface area is 211 Å². The molecule has 1 aliphatic rings. The zero-order chi connectivity index (χ0) is 25.2. The predicted octanol–water partition coefficient (Wildman–Crippen LogP) is 4.41. The Morgan fingerprint density at radius 1 is 1.03 bits per heavy atom. The van der Waals surface area contributed by atoms with Gasteiger partial charge in [0, 0.05) is 27.7 Å². The number of benzene rings is 3. The molecule has 0 aliphatic carbocycles. The van der Waals surface area contributed by atoms with Crippen LogP contribution in [0.5, 0.6) is 0 Å². The largest absolute Gasteiger partial charge is 0.371 e. The minimum Gasteiger partial charge on any atom is -0.371 e. The topological polar surface area (TPSA) is 104 Å². The zero-order valence-electron chi connectivity index (χ0n) is 18.1. The van der Waals surface area contributed by atoms with E-state index in [4.69, 9.17) is 23.2 Å². The van der Waals surface area contributed by atoms with Gasteiger partial charge in [-0.1, -0.05) is 41.4 Å². The van der Waals surface area contributed by atoms with Crippen LogP contribution in [0.2, 0.25) is 10.0 Å². The van der Waals surface area contributed by atoms with E-state index >= 15 is 0 Å². The molecule has 0 saturated carbocycles. The molecule has 0 saturated heterocycles. The van der Waals surface area contributed by atoms with Crippen LogP contribution >= 0.6 is 23.2 Å². The lowest BCUT2D eigenvalue weighted by Gasteiger charge is -2.27. The number of rotatable bonds is 7. The standard InChI is InChI=1S/C24H20Cl2FN3O4S/c25-16-7-4-14(5-8-16)11-28-23(31)15-6-9-20-21(10-15)30-24(32)22(29-20)13-35(33,34)12-17-18(26)2-1-3-19(17)27/h1-10,22,29H,11-13H2,(H,28,31)(H,30,32)/t22-/m1/s1. The number of fused-ring (bicyclic) bond motifs is 1. The fraction of sp³-hybridized carbons (Fsp3) is 0.167. The van der Waals surface area contributed by atoms with Gasteiger partial charge in [0.2, 0.25) is 5.91 Å². The van der Waals surface area contributed by atoms with Gasteiger partial charge in [0.25, 0.3) is 5.91 Å². The number of amides is 2. The van der Waals surface area contributed by atoms with Gasteiger partial charge in [-0.15, -0.1) is 0 Å². The Hall–Kier alpha value is -3.14. The first-order valence-electron chi connectivity index (χ1n) is 10.5. The molecular formula is C24H20Cl2FN3O4S. The Morgan fingerprint density at radius 3 is 2.49 bits per heavy atom. The fourth-order valence-electron chi connectivity index (χ4n) is 3.59. The fourth-order valence-corrected chi connectivity index (χ4v) is 5.62. The van der Waals surface area contributed by atoms with Crippen molar-refractivity contribution < 1.29 is 22.4 Å². The van der Waals surface area contributed by atoms with Gasteiger partial charge in [0.15, 0.2) is 9.84 Å². The van der Waals surface area contributed by atoms with E-state index in [1.807, 2.05) is 0 Å². The molecule has 182 valence electrons. The molecule has 11 heteroatoms. The van der Waals surface area contributed by atoms with E-state index in [9.17, 15) is 22.4 Å². The highest BCUT2D eigenvalue weighted by Crippen LogP contribution is 2.29. The molecule has 0 unspecified atom stereocenters. The lowest BCUT2D eigenvalue weighted by atomic mass is 10.1. The Kier molecular flexibility index (Phi) is 7.30. The number of carbonyl (C=O) groups is 2. The van der Waals surface area contributed by atoms with Crippen LogP contribution in [-0.2, 0) is 26.9 Å². The number of nitrogens with one attached hydrogen (secondary N) is 3. The van der Waals surface area contributed by atoms with E-state index in [1.54, 1.807) is 36.4 Å². The van der Waals surface area contributed by atoms with Gasteiger partial charge in [-0.3, -0.25) is 9.59 Å². The van der Waals surface area contributed by atoms with Crippen LogP contribution in [0.15, 0.2) is 60.7 Å². The highest BCUT2D eigenvalue weighted by atomic mass is 35.5. The minimum absolute atomic E-state index is 0.00171. The van der Waals surface area contributed by atoms with Crippen molar-refractivity contribution >= 4 is 56.2 Å². The van der Waals surface area contributed by atoms with Gasteiger partial charge in [-0.2, -0.15) is 0 Å². The van der Waals surface area contributed by atoms with E-state index in [-0.39, 0.29) is 16.5 Å². The number of carbonyl (C=O) groups excluding carboxylic acids is 2. The van der Waals surface area contributed by atoms with Gasteiger partial charge in [0.05, 0.1) is 22.9 Å². The average Bonchev–Trinajstić information content (AvgIpc) is 2.81. The molecule has 0 radical (unpaired) electrons. The molecule has 0 spiro atoms. The third-order valence-corrected chi connectivity index (χ3v) is 7.57. The molecule has 3 N–H and O–H groups in total. The monoisotopic (exact) mass is 535 g/mol. The van der Waals surface area contributed by atoms with Crippen molar-refractivity contribution in [3.05, 3.63) is 93.2 Å². The molecule has 0 fully saturated rings. The van der Waals surface area contributed by atoms with Crippen molar-refractivity contribution in [3.8, 4) is 0 Å². The zero-order valence-corrected chi connectivity index (χ0v) is 20.5. The summed E-state index contributed by atoms with van der Waals surface area (Å²) < 4.78 is 39.4. The summed E-state index contributed by atoms with van der Waals surface area (Å²) in [6.45, 7) is 0.295. The Balaban J connectivity index is 1.42. The predicted molar refractivity (Wildman–Crippen MR) is 134 cm³/mol. The summed E-state index contributed by atoms with van der Waals surface area (Å²) in [5.74, 6) is -2.85. The normalized spacial score (nSPS) is 15.1. The lowest BCUT2D eigenvalue weighted by Crippen LogP contribution is -2.43. The van der Waals surface area contributed by atoms with Crippen LogP contribution < -0.4 is 16.0 Å². The molecular weight excluding hydrogens is 516 g/mol. The van der Waals surface area contributed by atoms with Gasteiger partial charge < -0.3 is 16.0 Å². The number of hydrogen-bond acceptors (Lipinski definition) is 5. The lowest BCUT2D eigenvalue weighted by molar-refractivity contribution is -0.116. The summed E-state index contributed by atoms with van der Waals surface area (Å²) in [6.07, 6.45) is 0. The summed E-state index contributed by atoms with van der Waals surface area (Å²) in [7, 11) is -3.89. The third kappa shape index (κ3) is 6.11. The molecule has 1 aliphatic heterocycles. The molecule has 2 amide bonds. The quantitative estimate of drug-likeness (QED) is 0.415. The van der Waals surface area contributed by atoms with Crippen molar-refractivity contribution in [1.82, 2.24) is 5.32 Å². The van der Waals surface area contributed by atoms with Crippen LogP contribution in [0.4, 0.5) is 15.8 Å². The van der Waals surface area contributed by atoms with Crippen LogP contribution in [0, 0.1) is 5.82 Å². The molecule has 7 nitrogen and oxygen atoms in total. The smallest absolute Gasteiger partial charge is 0.251 e. The second-order valence-electron chi connectivity index (χ2n) is 8.01. The summed E-state index contributed by atoms with van der Waals surface area (Å²) in [6, 6.07) is 14.5. The maximum atomic E-state index is 14.0. The molecule has 0 bridgehead atoms. The summed E-state index contributed by atoms with van der Waals surface area (Å²) in [5.41, 5.74) is 1.86. The summed E-state index contributed by atoms with van der Waals surface area (Å²) in [5, 5.41) is 8.91. The molecule has 3 aromatic carbocycles. The van der Waals surface area contributed by atoms with Gasteiger partial charge in [0.1, 0.15) is 11.9 Å². The first-order chi connectivity index (χ1) is 16.6. The van der Waals surface area contributed by atoms with Crippen molar-refractivity contribution in [2.45, 2.75) is 18.3 Å². The molecule has 1 heterocycles. The SMILES string of the molecule is O=C(NCc1ccc(Cl)cc1)c1ccc2c(c1)NC(=O)[C@@H](CS(=O)(=O)Cc1c(F)cccc1Cl)N2. The molecule has 35 heavy (non-hydrogen) atoms. The number of halogens is 3. The van der Waals surface area contributed by atoms with E-state index in [0.717, 1.165) is 11.6 Å². The highest BCUT2D eigenvalue weighted by Gasteiger charge is 2.31. The minimum atomic E-state index is -3.89. The first kappa shape index (κ1) is 25.0. The second kappa shape index (κ2) is 10.2. The number of hydrogen-bond donors (Lipinski definition) is 3. The second-order valence-corrected chi connectivity index (χ2v) is 11.0. The molecule has 4 rings (SSSR count). The highest BCUT2D eigenvalue weighted by molar-refractivity contribution is 7.90. The van der Waals surface area contributed by atoms with Crippen molar-refractivity contribution in [1.29, 1.82) is 0 Å². The summed E-state index contributed by atoms with van der Waals surface area (Å²) in [4.78, 5) is 25.1. The maximum Gasteiger partial charge on any atom is 0.251 e. The van der Waals surface area contributed by atoms with Gasteiger partial charge in [-0.05, 0) is 48.0 Å². The van der Waals surface area contributed by atoms with E-state index in [0.29, 0.717) is 28.5 Å². The maximum absolute atomic E-state index is 14.0. The van der Waals surface area contributed by atoms with E-state index < -0.39 is 39.1 Å². The molecule has 3 aromatic rings. The van der Waals surface area contributed by atoms with Crippen LogP contribution in [-0.4, -0.2) is 32.0 Å². The number of sulfone groups is 1. The Morgan fingerprint density at radius 2 is 1.77 bits per heavy atom. The van der Waals surface area contributed by atoms with Crippen molar-refractivity contribution in [3.63, 3.8) is 0 Å². The van der Waals surface area contributed by atoms with Crippen LogP contribution in [0.3, 0.4) is 0 Å². The summed E-state index contributed by atoms with van der Waals surface area (Å²) >= 11 is 11.8. The van der Waals surface area contributed by atoms with Gasteiger partial charge >= 0.3 is 0 Å². The third-order valence-electron chi connectivity index (χ3n) is 5.40. The molecule has 0 aromatic heterocycles. The number of anilines is 2. The Bertz CT molecular complexity index is 1380. The van der Waals surface area contributed by atoms with Crippen molar-refractivity contribution in [2.75, 3.05) is 16.4 Å². The molecule has 1 atom stereocenters. The van der Waals surface area contributed by atoms with Crippen LogP contribution in [0.1, 0.15) is 21.5 Å². The average molecular weight is 536 g/mol. The van der Waals surface area contributed by atoms with Crippen LogP contribution in [0.25, 0.3) is 0 Å². The van der Waals surface area contributed by atoms with E-state index in [2.05, 4.69) is 16.0 Å². The first-order valence-corrected chi connectivity index (χ1v) is 13.1. The van der Waals surface area contributed by atoms with Gasteiger partial charge in [-0.25, -0.2) is 12.8 Å². The van der Waals surface area contributed by atoms with E-state index in [1.165, 1.54) is 18.2 Å².